The number of hydrogen-bond donors (Lipinski definition) is 0. The Morgan fingerprint density at radius 2 is 1.10 bits per heavy atom. The van der Waals surface area contributed by atoms with Crippen molar-refractivity contribution in [1.82, 2.24) is 0 Å². The molecule has 0 heterocycles. The Bertz CT molecular complexity index is 1040. The van der Waals surface area contributed by atoms with E-state index in [-0.39, 0.29) is 5.69 Å². The van der Waals surface area contributed by atoms with Gasteiger partial charge in [-0.1, -0.05) is 6.92 Å². The van der Waals surface area contributed by atoms with Gasteiger partial charge in [-0.3, -0.25) is 10.1 Å². The second kappa shape index (κ2) is 10.7. The lowest BCUT2D eigenvalue weighted by molar-refractivity contribution is -0.384. The molecule has 3 aromatic carbocycles. The maximum atomic E-state index is 10.7. The van der Waals surface area contributed by atoms with Crippen LogP contribution in [0.2, 0.25) is 0 Å². The number of hydrogen-bond acceptors (Lipinski definition) is 7. The van der Waals surface area contributed by atoms with E-state index in [1.807, 2.05) is 24.3 Å². The lowest BCUT2D eigenvalue weighted by Crippen LogP contribution is -2.23. The van der Waals surface area contributed by atoms with E-state index in [1.54, 1.807) is 24.3 Å². The highest BCUT2D eigenvalue weighted by molar-refractivity contribution is 5.53. The zero-order chi connectivity index (χ0) is 22.1. The zero-order valence-electron chi connectivity index (χ0n) is 17.5. The summed E-state index contributed by atoms with van der Waals surface area (Å²) in [6.07, 6.45) is 1.11. The van der Waals surface area contributed by atoms with Crippen molar-refractivity contribution in [3.05, 3.63) is 82.9 Å². The van der Waals surface area contributed by atoms with E-state index in [0.29, 0.717) is 17.1 Å². The van der Waals surface area contributed by atoms with Crippen LogP contribution in [-0.4, -0.2) is 18.0 Å². The third kappa shape index (κ3) is 6.27. The van der Waals surface area contributed by atoms with Crippen molar-refractivity contribution in [3.63, 3.8) is 0 Å². The van der Waals surface area contributed by atoms with E-state index in [1.165, 1.54) is 17.8 Å². The number of anilines is 1. The molecule has 0 aliphatic rings. The normalized spacial score (nSPS) is 11.3. The first-order valence-corrected chi connectivity index (χ1v) is 10.1. The minimum atomic E-state index is -0.450. The van der Waals surface area contributed by atoms with Crippen LogP contribution in [0.3, 0.4) is 0 Å². The van der Waals surface area contributed by atoms with Crippen LogP contribution in [0, 0.1) is 10.1 Å². The van der Waals surface area contributed by atoms with Crippen LogP contribution in [-0.2, 0) is 0 Å². The molecule has 3 rings (SSSR count). The Balaban J connectivity index is 1.61. The maximum Gasteiger partial charge on any atom is 0.269 e. The van der Waals surface area contributed by atoms with Crippen LogP contribution in [0.4, 0.5) is 34.1 Å². The molecule has 0 fully saturated rings. The Morgan fingerprint density at radius 1 is 0.710 bits per heavy atom. The molecule has 0 saturated carbocycles. The van der Waals surface area contributed by atoms with Crippen LogP contribution in [0.5, 0.6) is 0 Å². The first kappa shape index (κ1) is 21.8. The Kier molecular flexibility index (Phi) is 7.53. The van der Waals surface area contributed by atoms with Gasteiger partial charge < -0.3 is 4.90 Å². The molecule has 0 aromatic heterocycles. The van der Waals surface area contributed by atoms with Gasteiger partial charge in [-0.15, -0.1) is 0 Å². The summed E-state index contributed by atoms with van der Waals surface area (Å²) in [6, 6.07) is 21.1. The SMILES string of the molecule is CCCN(CC)c1ccc(N=Nc2ccc(N=Nc3ccc([N+](=O)[O-])cc3)cc2)cc1. The molecule has 0 N–H and O–H groups in total. The van der Waals surface area contributed by atoms with Crippen molar-refractivity contribution in [1.29, 1.82) is 0 Å². The largest absolute Gasteiger partial charge is 0.372 e. The van der Waals surface area contributed by atoms with Gasteiger partial charge in [-0.05, 0) is 74.0 Å². The average molecular weight is 416 g/mol. The molecule has 0 saturated heterocycles. The molecule has 0 aliphatic heterocycles. The molecule has 0 amide bonds. The highest BCUT2D eigenvalue weighted by Gasteiger charge is 2.04. The summed E-state index contributed by atoms with van der Waals surface area (Å²) < 4.78 is 0. The number of benzene rings is 3. The summed E-state index contributed by atoms with van der Waals surface area (Å²) >= 11 is 0. The smallest absolute Gasteiger partial charge is 0.269 e. The average Bonchev–Trinajstić information content (AvgIpc) is 2.81. The van der Waals surface area contributed by atoms with E-state index in [4.69, 9.17) is 0 Å². The highest BCUT2D eigenvalue weighted by atomic mass is 16.6. The van der Waals surface area contributed by atoms with E-state index >= 15 is 0 Å². The van der Waals surface area contributed by atoms with Crippen molar-refractivity contribution < 1.29 is 4.92 Å². The first-order valence-electron chi connectivity index (χ1n) is 10.1. The van der Waals surface area contributed by atoms with Crippen molar-refractivity contribution in [2.45, 2.75) is 20.3 Å². The lowest BCUT2D eigenvalue weighted by atomic mass is 10.2. The third-order valence-electron chi connectivity index (χ3n) is 4.56. The number of nitro benzene ring substituents is 1. The predicted molar refractivity (Wildman–Crippen MR) is 123 cm³/mol. The van der Waals surface area contributed by atoms with Crippen molar-refractivity contribution in [2.75, 3.05) is 18.0 Å². The molecule has 0 bridgehead atoms. The maximum absolute atomic E-state index is 10.7. The summed E-state index contributed by atoms with van der Waals surface area (Å²) in [5.41, 5.74) is 3.89. The summed E-state index contributed by atoms with van der Waals surface area (Å²) in [4.78, 5) is 12.6. The molecule has 158 valence electrons. The van der Waals surface area contributed by atoms with Gasteiger partial charge in [0.2, 0.25) is 0 Å². The van der Waals surface area contributed by atoms with Crippen molar-refractivity contribution in [2.24, 2.45) is 20.5 Å². The third-order valence-corrected chi connectivity index (χ3v) is 4.56. The minimum absolute atomic E-state index is 0.0203. The summed E-state index contributed by atoms with van der Waals surface area (Å²) in [6.45, 7) is 6.33. The van der Waals surface area contributed by atoms with Crippen molar-refractivity contribution >= 4 is 34.1 Å². The molecule has 0 unspecified atom stereocenters. The molecule has 3 aromatic rings. The van der Waals surface area contributed by atoms with Crippen LogP contribution in [0.1, 0.15) is 20.3 Å². The van der Waals surface area contributed by atoms with Gasteiger partial charge in [-0.25, -0.2) is 0 Å². The molecule has 8 nitrogen and oxygen atoms in total. The van der Waals surface area contributed by atoms with E-state index in [9.17, 15) is 10.1 Å². The Morgan fingerprint density at radius 3 is 1.45 bits per heavy atom. The fourth-order valence-corrected chi connectivity index (χ4v) is 2.93. The number of nitro groups is 1. The standard InChI is InChI=1S/C23H24N6O2/c1-3-17-28(4-2)22-13-9-20(10-14-22)26-24-18-5-7-19(8-6-18)25-27-21-11-15-23(16-12-21)29(30)31/h5-16H,3-4,17H2,1-2H3. The Hall–Kier alpha value is -3.94. The number of azo groups is 2. The van der Waals surface area contributed by atoms with Gasteiger partial charge in [0.15, 0.2) is 0 Å². The predicted octanol–water partition coefficient (Wildman–Crippen LogP) is 7.66. The fraction of sp³-hybridized carbons (Fsp3) is 0.217. The molecule has 8 heteroatoms. The van der Waals surface area contributed by atoms with Gasteiger partial charge in [0, 0.05) is 30.9 Å². The topological polar surface area (TPSA) is 95.8 Å². The zero-order valence-corrected chi connectivity index (χ0v) is 17.5. The van der Waals surface area contributed by atoms with Gasteiger partial charge in [-0.2, -0.15) is 20.5 Å². The van der Waals surface area contributed by atoms with Gasteiger partial charge >= 0.3 is 0 Å². The van der Waals surface area contributed by atoms with Crippen LogP contribution in [0.15, 0.2) is 93.3 Å². The molecule has 0 radical (unpaired) electrons. The van der Waals surface area contributed by atoms with Crippen molar-refractivity contribution in [3.8, 4) is 0 Å². The molecular formula is C23H24N6O2. The van der Waals surface area contributed by atoms with E-state index in [0.717, 1.165) is 25.2 Å². The monoisotopic (exact) mass is 416 g/mol. The van der Waals surface area contributed by atoms with Gasteiger partial charge in [0.25, 0.3) is 5.69 Å². The van der Waals surface area contributed by atoms with Crippen LogP contribution >= 0.6 is 0 Å². The molecular weight excluding hydrogens is 392 g/mol. The first-order chi connectivity index (χ1) is 15.1. The summed E-state index contributed by atoms with van der Waals surface area (Å²) in [5, 5.41) is 27.5. The fourth-order valence-electron chi connectivity index (χ4n) is 2.93. The molecule has 0 spiro atoms. The van der Waals surface area contributed by atoms with E-state index in [2.05, 4.69) is 51.3 Å². The summed E-state index contributed by atoms with van der Waals surface area (Å²) in [7, 11) is 0. The lowest BCUT2D eigenvalue weighted by Gasteiger charge is -2.22. The quantitative estimate of drug-likeness (QED) is 0.203. The number of non-ortho nitro benzene ring substituents is 1. The number of nitrogens with zero attached hydrogens (tertiary/aromatic N) is 6. The second-order valence-electron chi connectivity index (χ2n) is 6.79. The van der Waals surface area contributed by atoms with Gasteiger partial charge in [0.05, 0.1) is 27.7 Å². The molecule has 31 heavy (non-hydrogen) atoms. The van der Waals surface area contributed by atoms with Gasteiger partial charge in [0.1, 0.15) is 0 Å². The summed E-state index contributed by atoms with van der Waals surface area (Å²) in [5.74, 6) is 0. The molecule has 0 aliphatic carbocycles. The van der Waals surface area contributed by atoms with E-state index < -0.39 is 4.92 Å². The Labute approximate surface area is 181 Å². The van der Waals surface area contributed by atoms with Crippen LogP contribution < -0.4 is 4.90 Å². The highest BCUT2D eigenvalue weighted by Crippen LogP contribution is 2.25. The minimum Gasteiger partial charge on any atom is -0.372 e. The van der Waals surface area contributed by atoms with Crippen LogP contribution in [0.25, 0.3) is 0 Å². The molecule has 0 atom stereocenters. The number of rotatable bonds is 9. The second-order valence-corrected chi connectivity index (χ2v) is 6.79.